The molecule has 0 aliphatic heterocycles. The fraction of sp³-hybridized carbons (Fsp3) is 0.381. The van der Waals surface area contributed by atoms with Crippen molar-refractivity contribution in [2.75, 3.05) is 0 Å². The fourth-order valence-electron chi connectivity index (χ4n) is 4.09. The van der Waals surface area contributed by atoms with Gasteiger partial charge in [0, 0.05) is 29.4 Å². The Labute approximate surface area is 153 Å². The molecule has 5 heteroatoms. The van der Waals surface area contributed by atoms with Crippen LogP contribution in [0.4, 0.5) is 0 Å². The van der Waals surface area contributed by atoms with Gasteiger partial charge in [-0.05, 0) is 50.3 Å². The van der Waals surface area contributed by atoms with Crippen molar-refractivity contribution in [2.45, 2.75) is 45.6 Å². The highest BCUT2D eigenvalue weighted by atomic mass is 16.1. The van der Waals surface area contributed by atoms with Crippen molar-refractivity contribution in [3.63, 3.8) is 0 Å². The number of hydrogen-bond acceptors (Lipinski definition) is 3. The predicted octanol–water partition coefficient (Wildman–Crippen LogP) is 3.32. The number of nitrogens with one attached hydrogen (secondary N) is 1. The topological polar surface area (TPSA) is 59.8 Å². The molecule has 1 atom stereocenters. The van der Waals surface area contributed by atoms with Gasteiger partial charge in [-0.1, -0.05) is 18.2 Å². The summed E-state index contributed by atoms with van der Waals surface area (Å²) in [6.07, 6.45) is 5.34. The average molecular weight is 348 g/mol. The minimum absolute atomic E-state index is 0.0509. The number of hydrogen-bond donors (Lipinski definition) is 1. The molecule has 0 saturated carbocycles. The van der Waals surface area contributed by atoms with Gasteiger partial charge in [0.1, 0.15) is 0 Å². The van der Waals surface area contributed by atoms with Crippen LogP contribution in [0.25, 0.3) is 10.9 Å². The van der Waals surface area contributed by atoms with Crippen LogP contribution in [0.2, 0.25) is 0 Å². The lowest BCUT2D eigenvalue weighted by Crippen LogP contribution is -2.32. The smallest absolute Gasteiger partial charge is 0.224 e. The zero-order valence-corrected chi connectivity index (χ0v) is 15.5. The van der Waals surface area contributed by atoms with Gasteiger partial charge in [0.15, 0.2) is 0 Å². The number of benzene rings is 1. The zero-order chi connectivity index (χ0) is 18.3. The van der Waals surface area contributed by atoms with Gasteiger partial charge in [-0.2, -0.15) is 5.10 Å². The molecular formula is C21H24N4O. The molecule has 5 nitrogen and oxygen atoms in total. The Bertz CT molecular complexity index is 989. The number of carbonyl (C=O) groups is 1. The first kappa shape index (κ1) is 16.8. The van der Waals surface area contributed by atoms with Gasteiger partial charge in [-0.3, -0.25) is 14.5 Å². The van der Waals surface area contributed by atoms with Crippen molar-refractivity contribution in [1.82, 2.24) is 20.1 Å². The summed E-state index contributed by atoms with van der Waals surface area (Å²) in [7, 11) is 1.97. The van der Waals surface area contributed by atoms with Gasteiger partial charge in [0.2, 0.25) is 5.91 Å². The Morgan fingerprint density at radius 1 is 1.31 bits per heavy atom. The molecule has 3 aromatic rings. The van der Waals surface area contributed by atoms with E-state index < -0.39 is 0 Å². The number of rotatable bonds is 3. The van der Waals surface area contributed by atoms with Crippen LogP contribution in [0.5, 0.6) is 0 Å². The molecule has 0 spiro atoms. The molecule has 2 heterocycles. The Hall–Kier alpha value is -2.69. The van der Waals surface area contributed by atoms with E-state index in [0.717, 1.165) is 52.5 Å². The molecule has 26 heavy (non-hydrogen) atoms. The average Bonchev–Trinajstić information content (AvgIpc) is 3.01. The highest BCUT2D eigenvalue weighted by Gasteiger charge is 2.25. The summed E-state index contributed by atoms with van der Waals surface area (Å²) < 4.78 is 1.93. The van der Waals surface area contributed by atoms with E-state index in [1.165, 1.54) is 5.69 Å². The monoisotopic (exact) mass is 348 g/mol. The number of aryl methyl sites for hydroxylation is 3. The van der Waals surface area contributed by atoms with Gasteiger partial charge in [0.25, 0.3) is 0 Å². The van der Waals surface area contributed by atoms with Crippen molar-refractivity contribution >= 4 is 16.8 Å². The van der Waals surface area contributed by atoms with Gasteiger partial charge in [0.05, 0.1) is 24.2 Å². The number of pyridine rings is 1. The first-order valence-corrected chi connectivity index (χ1v) is 9.19. The van der Waals surface area contributed by atoms with Crippen LogP contribution < -0.4 is 5.32 Å². The third-order valence-electron chi connectivity index (χ3n) is 5.53. The minimum atomic E-state index is 0.0509. The van der Waals surface area contributed by atoms with Crippen molar-refractivity contribution in [3.05, 3.63) is 58.5 Å². The molecule has 1 aromatic carbocycles. The molecular weight excluding hydrogens is 324 g/mol. The van der Waals surface area contributed by atoms with Gasteiger partial charge in [-0.15, -0.1) is 0 Å². The van der Waals surface area contributed by atoms with E-state index in [2.05, 4.69) is 28.4 Å². The SMILES string of the molecule is Cc1nc2ccccc2c(C)c1CC(=O)N[C@H]1CCCc2c1cnn2C. The number of para-hydroxylation sites is 1. The number of fused-ring (bicyclic) bond motifs is 2. The van der Waals surface area contributed by atoms with Crippen molar-refractivity contribution in [3.8, 4) is 0 Å². The third kappa shape index (κ3) is 2.87. The summed E-state index contributed by atoms with van der Waals surface area (Å²) in [5, 5.41) is 8.70. The first-order chi connectivity index (χ1) is 12.5. The maximum Gasteiger partial charge on any atom is 0.224 e. The Morgan fingerprint density at radius 2 is 2.12 bits per heavy atom. The van der Waals surface area contributed by atoms with E-state index in [9.17, 15) is 4.79 Å². The summed E-state index contributed by atoms with van der Waals surface area (Å²) in [4.78, 5) is 17.5. The molecule has 0 bridgehead atoms. The molecule has 4 rings (SSSR count). The van der Waals surface area contributed by atoms with Crippen LogP contribution in [0.1, 0.15) is 47.0 Å². The van der Waals surface area contributed by atoms with E-state index in [-0.39, 0.29) is 11.9 Å². The lowest BCUT2D eigenvalue weighted by molar-refractivity contribution is -0.121. The molecule has 134 valence electrons. The summed E-state index contributed by atoms with van der Waals surface area (Å²) in [5.41, 5.74) is 6.50. The minimum Gasteiger partial charge on any atom is -0.349 e. The number of amides is 1. The third-order valence-corrected chi connectivity index (χ3v) is 5.53. The maximum atomic E-state index is 12.8. The first-order valence-electron chi connectivity index (χ1n) is 9.19. The molecule has 0 radical (unpaired) electrons. The fourth-order valence-corrected chi connectivity index (χ4v) is 4.09. The maximum absolute atomic E-state index is 12.8. The lowest BCUT2D eigenvalue weighted by atomic mass is 9.92. The Kier molecular flexibility index (Phi) is 4.23. The number of aromatic nitrogens is 3. The Balaban J connectivity index is 1.57. The van der Waals surface area contributed by atoms with Gasteiger partial charge < -0.3 is 5.32 Å². The van der Waals surface area contributed by atoms with Crippen LogP contribution in [0.15, 0.2) is 30.5 Å². The molecule has 1 amide bonds. The van der Waals surface area contributed by atoms with Crippen LogP contribution >= 0.6 is 0 Å². The summed E-state index contributed by atoms with van der Waals surface area (Å²) in [5.74, 6) is 0.0509. The van der Waals surface area contributed by atoms with E-state index in [0.29, 0.717) is 6.42 Å². The number of carbonyl (C=O) groups excluding carboxylic acids is 1. The summed E-state index contributed by atoms with van der Waals surface area (Å²) in [6, 6.07) is 8.17. The molecule has 0 saturated heterocycles. The van der Waals surface area contributed by atoms with Crippen molar-refractivity contribution < 1.29 is 4.79 Å². The molecule has 2 aromatic heterocycles. The predicted molar refractivity (Wildman–Crippen MR) is 102 cm³/mol. The van der Waals surface area contributed by atoms with Crippen LogP contribution in [-0.4, -0.2) is 20.7 Å². The summed E-state index contributed by atoms with van der Waals surface area (Å²) >= 11 is 0. The molecule has 0 fully saturated rings. The second-order valence-electron chi connectivity index (χ2n) is 7.18. The van der Waals surface area contributed by atoms with Crippen molar-refractivity contribution in [2.24, 2.45) is 7.05 Å². The van der Waals surface area contributed by atoms with Gasteiger partial charge in [-0.25, -0.2) is 0 Å². The zero-order valence-electron chi connectivity index (χ0n) is 15.5. The molecule has 1 aliphatic carbocycles. The van der Waals surface area contributed by atoms with Crippen LogP contribution in [-0.2, 0) is 24.7 Å². The molecule has 1 aliphatic rings. The standard InChI is InChI=1S/C21H24N4O/c1-13-15-7-4-5-8-18(15)23-14(2)16(13)11-21(26)24-19-9-6-10-20-17(19)12-22-25(20)3/h4-5,7-8,12,19H,6,9-11H2,1-3H3,(H,24,26)/t19-/m0/s1. The van der Waals surface area contributed by atoms with Crippen molar-refractivity contribution in [1.29, 1.82) is 0 Å². The van der Waals surface area contributed by atoms with E-state index >= 15 is 0 Å². The van der Waals surface area contributed by atoms with E-state index in [1.54, 1.807) is 0 Å². The normalized spacial score (nSPS) is 16.5. The van der Waals surface area contributed by atoms with Crippen LogP contribution in [0, 0.1) is 13.8 Å². The highest BCUT2D eigenvalue weighted by molar-refractivity contribution is 5.86. The number of nitrogens with zero attached hydrogens (tertiary/aromatic N) is 3. The van der Waals surface area contributed by atoms with E-state index in [4.69, 9.17) is 0 Å². The highest BCUT2D eigenvalue weighted by Crippen LogP contribution is 2.29. The lowest BCUT2D eigenvalue weighted by Gasteiger charge is -2.24. The van der Waals surface area contributed by atoms with E-state index in [1.807, 2.05) is 43.0 Å². The van der Waals surface area contributed by atoms with Crippen LogP contribution in [0.3, 0.4) is 0 Å². The van der Waals surface area contributed by atoms with Gasteiger partial charge >= 0.3 is 0 Å². The largest absolute Gasteiger partial charge is 0.349 e. The Morgan fingerprint density at radius 3 is 2.96 bits per heavy atom. The molecule has 1 N–H and O–H groups in total. The molecule has 0 unspecified atom stereocenters. The quantitative estimate of drug-likeness (QED) is 0.790. The second kappa shape index (κ2) is 6.56. The summed E-state index contributed by atoms with van der Waals surface area (Å²) in [6.45, 7) is 4.07. The second-order valence-corrected chi connectivity index (χ2v) is 7.18.